The zero-order valence-electron chi connectivity index (χ0n) is 11.2. The quantitative estimate of drug-likeness (QED) is 0.778. The Hall–Kier alpha value is -0.730. The van der Waals surface area contributed by atoms with E-state index in [4.69, 9.17) is 16.3 Å². The Labute approximate surface area is 109 Å². The first kappa shape index (κ1) is 14.3. The molecule has 0 unspecified atom stereocenters. The molecule has 0 saturated heterocycles. The Morgan fingerprint density at radius 3 is 2.41 bits per heavy atom. The van der Waals surface area contributed by atoms with Crippen LogP contribution >= 0.6 is 11.6 Å². The van der Waals surface area contributed by atoms with Crippen molar-refractivity contribution in [3.05, 3.63) is 28.3 Å². The molecular formula is C14H23ClNO+. The molecule has 2 N–H and O–H groups in total. The highest BCUT2D eigenvalue weighted by molar-refractivity contribution is 6.32. The lowest BCUT2D eigenvalue weighted by atomic mass is 10.1. The Balaban J connectivity index is 2.42. The van der Waals surface area contributed by atoms with E-state index >= 15 is 0 Å². The topological polar surface area (TPSA) is 25.8 Å². The van der Waals surface area contributed by atoms with Crippen LogP contribution in [0, 0.1) is 13.8 Å². The first-order valence-corrected chi connectivity index (χ1v) is 6.65. The van der Waals surface area contributed by atoms with E-state index < -0.39 is 0 Å². The van der Waals surface area contributed by atoms with E-state index in [2.05, 4.69) is 19.2 Å². The largest absolute Gasteiger partial charge is 0.488 e. The maximum atomic E-state index is 6.11. The molecule has 1 aromatic carbocycles. The van der Waals surface area contributed by atoms with Crippen molar-refractivity contribution in [1.29, 1.82) is 0 Å². The molecule has 3 heteroatoms. The highest BCUT2D eigenvalue weighted by atomic mass is 35.5. The van der Waals surface area contributed by atoms with Gasteiger partial charge >= 0.3 is 0 Å². The third kappa shape index (κ3) is 4.57. The van der Waals surface area contributed by atoms with Gasteiger partial charge in [-0.1, -0.05) is 18.5 Å². The number of halogens is 1. The molecule has 96 valence electrons. The number of benzene rings is 1. The lowest BCUT2D eigenvalue weighted by molar-refractivity contribution is -0.686. The van der Waals surface area contributed by atoms with Gasteiger partial charge in [-0.05, 0) is 50.5 Å². The minimum atomic E-state index is 0.673. The number of hydrogen-bond donors (Lipinski definition) is 1. The van der Waals surface area contributed by atoms with Crippen molar-refractivity contribution in [3.8, 4) is 5.75 Å². The molecule has 0 fully saturated rings. The van der Waals surface area contributed by atoms with E-state index in [9.17, 15) is 0 Å². The average molecular weight is 257 g/mol. The minimum Gasteiger partial charge on any atom is -0.488 e. The fourth-order valence-electron chi connectivity index (χ4n) is 1.69. The molecule has 0 bridgehead atoms. The normalized spacial score (nSPS) is 12.5. The second kappa shape index (κ2) is 6.87. The number of ether oxygens (including phenoxy) is 1. The fourth-order valence-corrected chi connectivity index (χ4v) is 1.79. The highest BCUT2D eigenvalue weighted by Gasteiger charge is 2.04. The maximum Gasteiger partial charge on any atom is 0.137 e. The van der Waals surface area contributed by atoms with Crippen molar-refractivity contribution in [2.75, 3.05) is 13.2 Å². The Morgan fingerprint density at radius 1 is 1.29 bits per heavy atom. The van der Waals surface area contributed by atoms with Crippen molar-refractivity contribution >= 4 is 11.6 Å². The molecule has 0 radical (unpaired) electrons. The number of rotatable bonds is 6. The third-order valence-electron chi connectivity index (χ3n) is 3.01. The molecule has 0 aromatic heterocycles. The van der Waals surface area contributed by atoms with Gasteiger partial charge in [-0.25, -0.2) is 0 Å². The monoisotopic (exact) mass is 256 g/mol. The van der Waals surface area contributed by atoms with Gasteiger partial charge in [-0.3, -0.25) is 0 Å². The smallest absolute Gasteiger partial charge is 0.137 e. The second-order valence-electron chi connectivity index (χ2n) is 4.63. The summed E-state index contributed by atoms with van der Waals surface area (Å²) >= 11 is 6.11. The summed E-state index contributed by atoms with van der Waals surface area (Å²) in [5.41, 5.74) is 2.15. The van der Waals surface area contributed by atoms with Gasteiger partial charge in [0, 0.05) is 5.02 Å². The first-order chi connectivity index (χ1) is 8.04. The molecule has 17 heavy (non-hydrogen) atoms. The number of hydrogen-bond acceptors (Lipinski definition) is 1. The van der Waals surface area contributed by atoms with Gasteiger partial charge in [-0.15, -0.1) is 0 Å². The van der Waals surface area contributed by atoms with Crippen molar-refractivity contribution in [1.82, 2.24) is 0 Å². The van der Waals surface area contributed by atoms with E-state index in [-0.39, 0.29) is 0 Å². The van der Waals surface area contributed by atoms with Gasteiger partial charge in [0.25, 0.3) is 0 Å². The SMILES string of the molecule is CC[C@@H](C)[NH2+]CCOc1cc(C)c(Cl)c(C)c1. The standard InChI is InChI=1S/C14H22ClNO/c1-5-12(4)16-6-7-17-13-8-10(2)14(15)11(3)9-13/h8-9,12,16H,5-7H2,1-4H3/p+1/t12-/m1/s1. The van der Waals surface area contributed by atoms with E-state index in [0.717, 1.165) is 35.1 Å². The lowest BCUT2D eigenvalue weighted by Gasteiger charge is -2.11. The third-order valence-corrected chi connectivity index (χ3v) is 3.61. The van der Waals surface area contributed by atoms with E-state index in [1.54, 1.807) is 0 Å². The van der Waals surface area contributed by atoms with Gasteiger partial charge in [-0.2, -0.15) is 0 Å². The van der Waals surface area contributed by atoms with Crippen LogP contribution in [0.3, 0.4) is 0 Å². The zero-order valence-corrected chi connectivity index (χ0v) is 12.0. The summed E-state index contributed by atoms with van der Waals surface area (Å²) in [6.07, 6.45) is 1.19. The number of quaternary nitrogens is 1. The first-order valence-electron chi connectivity index (χ1n) is 6.27. The van der Waals surface area contributed by atoms with Gasteiger partial charge in [0.15, 0.2) is 0 Å². The summed E-state index contributed by atoms with van der Waals surface area (Å²) in [6, 6.07) is 4.67. The van der Waals surface area contributed by atoms with Crippen LogP contribution in [0.15, 0.2) is 12.1 Å². The van der Waals surface area contributed by atoms with Crippen molar-refractivity contribution in [2.24, 2.45) is 0 Å². The van der Waals surface area contributed by atoms with Crippen LogP contribution < -0.4 is 10.1 Å². The van der Waals surface area contributed by atoms with Crippen molar-refractivity contribution in [2.45, 2.75) is 40.2 Å². The van der Waals surface area contributed by atoms with Crippen LogP contribution in [0.5, 0.6) is 5.75 Å². The van der Waals surface area contributed by atoms with Gasteiger partial charge in [0.2, 0.25) is 0 Å². The fraction of sp³-hybridized carbons (Fsp3) is 0.571. The molecule has 0 aliphatic heterocycles. The van der Waals surface area contributed by atoms with Crippen LogP contribution in [0.2, 0.25) is 5.02 Å². The molecular weight excluding hydrogens is 234 g/mol. The molecule has 2 nitrogen and oxygen atoms in total. The Kier molecular flexibility index (Phi) is 5.79. The summed E-state index contributed by atoms with van der Waals surface area (Å²) in [4.78, 5) is 0. The van der Waals surface area contributed by atoms with E-state index in [1.807, 2.05) is 26.0 Å². The van der Waals surface area contributed by atoms with E-state index in [1.165, 1.54) is 6.42 Å². The van der Waals surface area contributed by atoms with Crippen molar-refractivity contribution < 1.29 is 10.1 Å². The molecule has 0 amide bonds. The maximum absolute atomic E-state index is 6.11. The second-order valence-corrected chi connectivity index (χ2v) is 5.01. The molecule has 1 aromatic rings. The number of nitrogens with two attached hydrogens (primary N) is 1. The van der Waals surface area contributed by atoms with Crippen LogP contribution in [0.1, 0.15) is 31.4 Å². The zero-order chi connectivity index (χ0) is 12.8. The lowest BCUT2D eigenvalue weighted by Crippen LogP contribution is -2.90. The average Bonchev–Trinajstić information content (AvgIpc) is 2.31. The highest BCUT2D eigenvalue weighted by Crippen LogP contribution is 2.25. The Bertz CT molecular complexity index is 342. The van der Waals surface area contributed by atoms with Crippen LogP contribution in [0.25, 0.3) is 0 Å². The minimum absolute atomic E-state index is 0.673. The van der Waals surface area contributed by atoms with Gasteiger partial charge < -0.3 is 10.1 Å². The molecule has 1 atom stereocenters. The van der Waals surface area contributed by atoms with E-state index in [0.29, 0.717) is 6.04 Å². The molecule has 0 aliphatic carbocycles. The van der Waals surface area contributed by atoms with Crippen LogP contribution in [-0.4, -0.2) is 19.2 Å². The van der Waals surface area contributed by atoms with Crippen molar-refractivity contribution in [3.63, 3.8) is 0 Å². The molecule has 0 aliphatic rings. The Morgan fingerprint density at radius 2 is 1.88 bits per heavy atom. The van der Waals surface area contributed by atoms with Crippen LogP contribution in [-0.2, 0) is 0 Å². The summed E-state index contributed by atoms with van der Waals surface area (Å²) in [6.45, 7) is 10.2. The molecule has 1 rings (SSSR count). The predicted molar refractivity (Wildman–Crippen MR) is 73.0 cm³/mol. The molecule has 0 saturated carbocycles. The number of aryl methyl sites for hydroxylation is 2. The summed E-state index contributed by atoms with van der Waals surface area (Å²) in [7, 11) is 0. The molecule has 0 spiro atoms. The molecule has 0 heterocycles. The summed E-state index contributed by atoms with van der Waals surface area (Å²) < 4.78 is 5.73. The van der Waals surface area contributed by atoms with Gasteiger partial charge in [0.05, 0.1) is 6.04 Å². The summed E-state index contributed by atoms with van der Waals surface area (Å²) in [5.74, 6) is 0.918. The predicted octanol–water partition coefficient (Wildman–Crippen LogP) is 2.70. The summed E-state index contributed by atoms with van der Waals surface area (Å²) in [5, 5.41) is 3.15. The van der Waals surface area contributed by atoms with Crippen LogP contribution in [0.4, 0.5) is 0 Å². The van der Waals surface area contributed by atoms with Gasteiger partial charge in [0.1, 0.15) is 18.9 Å².